The number of carbonyl (C=O) groups is 1. The molecule has 2 aliphatic heterocycles. The molecular formula is C20H32ClN3O6S. The van der Waals surface area contributed by atoms with E-state index in [1.807, 2.05) is 24.3 Å². The van der Waals surface area contributed by atoms with Crippen molar-refractivity contribution in [1.29, 1.82) is 0 Å². The number of ether oxygens (including phenoxy) is 2. The van der Waals surface area contributed by atoms with E-state index < -0.39 is 20.7 Å². The SMILES string of the molecule is CCCCOc1ccc(N2CCN(S(=O)(=O)C3(C(=O)NO)CCOCC3)CC2)cc1.Cl. The number of piperazine rings is 1. The molecule has 9 nitrogen and oxygen atoms in total. The predicted molar refractivity (Wildman–Crippen MR) is 120 cm³/mol. The van der Waals surface area contributed by atoms with E-state index in [9.17, 15) is 13.2 Å². The first-order chi connectivity index (χ1) is 14.4. The first-order valence-corrected chi connectivity index (χ1v) is 11.9. The Bertz CT molecular complexity index is 807. The first-order valence-electron chi connectivity index (χ1n) is 10.4. The number of nitrogens with zero attached hydrogens (tertiary/aromatic N) is 2. The number of hydrogen-bond acceptors (Lipinski definition) is 7. The van der Waals surface area contributed by atoms with Crippen LogP contribution in [0.15, 0.2) is 24.3 Å². The number of amides is 1. The maximum Gasteiger partial charge on any atom is 0.266 e. The van der Waals surface area contributed by atoms with Crippen LogP contribution >= 0.6 is 12.4 Å². The van der Waals surface area contributed by atoms with E-state index in [0.717, 1.165) is 24.3 Å². The van der Waals surface area contributed by atoms with Gasteiger partial charge in [-0.05, 0) is 30.7 Å². The standard InChI is InChI=1S/C20H31N3O6S.ClH/c1-2-3-14-29-18-6-4-17(5-7-18)22-10-12-23(13-11-22)30(26,27)20(19(24)21-25)8-15-28-16-9-20;/h4-7,25H,2-3,8-16H2,1H3,(H,21,24);1H. The zero-order valence-electron chi connectivity index (χ0n) is 17.8. The van der Waals surface area contributed by atoms with Crippen molar-refractivity contribution in [3.8, 4) is 5.75 Å². The molecule has 0 radical (unpaired) electrons. The highest BCUT2D eigenvalue weighted by Gasteiger charge is 2.54. The Balaban J connectivity index is 0.00000341. The summed E-state index contributed by atoms with van der Waals surface area (Å²) in [5.74, 6) is -0.0585. The minimum atomic E-state index is -3.95. The molecule has 1 aromatic carbocycles. The smallest absolute Gasteiger partial charge is 0.266 e. The highest BCUT2D eigenvalue weighted by molar-refractivity contribution is 7.91. The van der Waals surface area contributed by atoms with Crippen molar-refractivity contribution >= 4 is 34.0 Å². The average Bonchev–Trinajstić information content (AvgIpc) is 2.79. The van der Waals surface area contributed by atoms with E-state index in [4.69, 9.17) is 14.7 Å². The Morgan fingerprint density at radius 3 is 2.32 bits per heavy atom. The second kappa shape index (κ2) is 11.3. The van der Waals surface area contributed by atoms with E-state index >= 15 is 0 Å². The molecule has 0 spiro atoms. The van der Waals surface area contributed by atoms with Gasteiger partial charge in [0.15, 0.2) is 4.75 Å². The van der Waals surface area contributed by atoms with E-state index in [0.29, 0.717) is 19.7 Å². The Hall–Kier alpha value is -1.59. The molecule has 1 amide bonds. The fourth-order valence-corrected chi connectivity index (χ4v) is 6.03. The molecule has 176 valence electrons. The molecule has 1 aromatic rings. The minimum absolute atomic E-state index is 0. The van der Waals surface area contributed by atoms with Gasteiger partial charge in [-0.1, -0.05) is 13.3 Å². The zero-order chi connectivity index (χ0) is 21.6. The molecule has 2 saturated heterocycles. The van der Waals surface area contributed by atoms with Crippen molar-refractivity contribution in [3.05, 3.63) is 24.3 Å². The van der Waals surface area contributed by atoms with Gasteiger partial charge in [-0.2, -0.15) is 4.31 Å². The molecule has 3 rings (SSSR count). The number of hydroxylamine groups is 1. The molecule has 0 bridgehead atoms. The van der Waals surface area contributed by atoms with Gasteiger partial charge in [-0.3, -0.25) is 10.0 Å². The summed E-state index contributed by atoms with van der Waals surface area (Å²) in [6, 6.07) is 7.81. The molecule has 11 heteroatoms. The molecule has 0 aromatic heterocycles. The van der Waals surface area contributed by atoms with Gasteiger partial charge in [0.25, 0.3) is 5.91 Å². The molecule has 2 N–H and O–H groups in total. The lowest BCUT2D eigenvalue weighted by atomic mass is 9.98. The van der Waals surface area contributed by atoms with Crippen LogP contribution in [0.3, 0.4) is 0 Å². The van der Waals surface area contributed by atoms with Crippen LogP contribution in [0, 0.1) is 0 Å². The third kappa shape index (κ3) is 5.43. The largest absolute Gasteiger partial charge is 0.494 e. The van der Waals surface area contributed by atoms with Gasteiger partial charge in [-0.25, -0.2) is 13.9 Å². The number of carbonyl (C=O) groups excluding carboxylic acids is 1. The fraction of sp³-hybridized carbons (Fsp3) is 0.650. The number of nitrogens with one attached hydrogen (secondary N) is 1. The van der Waals surface area contributed by atoms with E-state index in [-0.39, 0.29) is 51.6 Å². The Morgan fingerprint density at radius 2 is 1.77 bits per heavy atom. The highest BCUT2D eigenvalue weighted by atomic mass is 35.5. The van der Waals surface area contributed by atoms with Crippen molar-refractivity contribution in [3.63, 3.8) is 0 Å². The fourth-order valence-electron chi connectivity index (χ4n) is 3.93. The molecule has 2 heterocycles. The third-order valence-electron chi connectivity index (χ3n) is 5.86. The number of hydrogen-bond donors (Lipinski definition) is 2. The highest BCUT2D eigenvalue weighted by Crippen LogP contribution is 2.34. The molecule has 2 aliphatic rings. The summed E-state index contributed by atoms with van der Waals surface area (Å²) in [4.78, 5) is 14.5. The molecular weight excluding hydrogens is 446 g/mol. The maximum absolute atomic E-state index is 13.3. The van der Waals surface area contributed by atoms with E-state index in [1.54, 1.807) is 5.48 Å². The van der Waals surface area contributed by atoms with Gasteiger partial charge in [0.2, 0.25) is 10.0 Å². The molecule has 0 unspecified atom stereocenters. The van der Waals surface area contributed by atoms with Crippen LogP contribution in [0.1, 0.15) is 32.6 Å². The first kappa shape index (κ1) is 25.7. The summed E-state index contributed by atoms with van der Waals surface area (Å²) in [5, 5.41) is 9.15. The van der Waals surface area contributed by atoms with Crippen LogP contribution in [-0.4, -0.2) is 74.6 Å². The summed E-state index contributed by atoms with van der Waals surface area (Å²) in [7, 11) is -3.95. The van der Waals surface area contributed by atoms with Crippen LogP contribution in [0.4, 0.5) is 5.69 Å². The second-order valence-electron chi connectivity index (χ2n) is 7.63. The lowest BCUT2D eigenvalue weighted by Crippen LogP contribution is -2.62. The van der Waals surface area contributed by atoms with Crippen LogP contribution in [0.25, 0.3) is 0 Å². The summed E-state index contributed by atoms with van der Waals surface area (Å²) in [6.07, 6.45) is 2.16. The number of anilines is 1. The average molecular weight is 478 g/mol. The van der Waals surface area contributed by atoms with Gasteiger partial charge < -0.3 is 14.4 Å². The number of sulfonamides is 1. The van der Waals surface area contributed by atoms with Gasteiger partial charge in [0.05, 0.1) is 6.61 Å². The van der Waals surface area contributed by atoms with E-state index in [1.165, 1.54) is 4.31 Å². The lowest BCUT2D eigenvalue weighted by Gasteiger charge is -2.42. The quantitative estimate of drug-likeness (QED) is 0.334. The molecule has 0 atom stereocenters. The molecule has 31 heavy (non-hydrogen) atoms. The number of rotatable bonds is 8. The summed E-state index contributed by atoms with van der Waals surface area (Å²) < 4.78 is 37.3. The molecule has 2 fully saturated rings. The van der Waals surface area contributed by atoms with Crippen molar-refractivity contribution in [1.82, 2.24) is 9.79 Å². The van der Waals surface area contributed by atoms with Crippen molar-refractivity contribution in [2.75, 3.05) is 50.9 Å². The summed E-state index contributed by atoms with van der Waals surface area (Å²) >= 11 is 0. The molecule has 0 aliphatic carbocycles. The maximum atomic E-state index is 13.3. The summed E-state index contributed by atoms with van der Waals surface area (Å²) in [6.45, 7) is 4.73. The minimum Gasteiger partial charge on any atom is -0.494 e. The third-order valence-corrected chi connectivity index (χ3v) is 8.48. The van der Waals surface area contributed by atoms with Crippen LogP contribution < -0.4 is 15.1 Å². The van der Waals surface area contributed by atoms with Crippen molar-refractivity contribution in [2.45, 2.75) is 37.4 Å². The van der Waals surface area contributed by atoms with Crippen LogP contribution in [-0.2, 0) is 19.6 Å². The number of unbranched alkanes of at least 4 members (excludes halogenated alkanes) is 1. The van der Waals surface area contributed by atoms with Crippen molar-refractivity contribution < 1.29 is 27.9 Å². The van der Waals surface area contributed by atoms with Crippen LogP contribution in [0.2, 0.25) is 0 Å². The number of halogens is 1. The van der Waals surface area contributed by atoms with Gasteiger partial charge >= 0.3 is 0 Å². The Labute approximate surface area is 190 Å². The predicted octanol–water partition coefficient (Wildman–Crippen LogP) is 1.79. The van der Waals surface area contributed by atoms with Crippen molar-refractivity contribution in [2.24, 2.45) is 0 Å². The van der Waals surface area contributed by atoms with Gasteiger partial charge in [-0.15, -0.1) is 12.4 Å². The monoisotopic (exact) mass is 477 g/mol. The van der Waals surface area contributed by atoms with Gasteiger partial charge in [0.1, 0.15) is 5.75 Å². The summed E-state index contributed by atoms with van der Waals surface area (Å²) in [5.41, 5.74) is 2.56. The lowest BCUT2D eigenvalue weighted by molar-refractivity contribution is -0.134. The molecule has 0 saturated carbocycles. The topological polar surface area (TPSA) is 108 Å². The Kier molecular flexibility index (Phi) is 9.38. The van der Waals surface area contributed by atoms with Gasteiger partial charge in [0, 0.05) is 57.9 Å². The normalized spacial score (nSPS) is 19.4. The van der Waals surface area contributed by atoms with Crippen LogP contribution in [0.5, 0.6) is 5.75 Å². The van der Waals surface area contributed by atoms with E-state index in [2.05, 4.69) is 11.8 Å². The Morgan fingerprint density at radius 1 is 1.16 bits per heavy atom. The zero-order valence-corrected chi connectivity index (χ0v) is 19.4. The number of benzene rings is 1. The second-order valence-corrected chi connectivity index (χ2v) is 9.88.